The SMILES string of the molecule is CC(C)COCC(C)C.CCO. The zero-order valence-electron chi connectivity index (χ0n) is 9.13. The van der Waals surface area contributed by atoms with Crippen LogP contribution in [0.3, 0.4) is 0 Å². The summed E-state index contributed by atoms with van der Waals surface area (Å²) >= 11 is 0. The number of aliphatic hydroxyl groups excluding tert-OH is 1. The first-order valence-corrected chi connectivity index (χ1v) is 4.73. The average molecular weight is 176 g/mol. The van der Waals surface area contributed by atoms with Gasteiger partial charge in [0.2, 0.25) is 0 Å². The van der Waals surface area contributed by atoms with Crippen molar-refractivity contribution in [3.63, 3.8) is 0 Å². The second-order valence-corrected chi connectivity index (χ2v) is 3.64. The van der Waals surface area contributed by atoms with Crippen LogP contribution in [0.25, 0.3) is 0 Å². The van der Waals surface area contributed by atoms with Gasteiger partial charge in [0.05, 0.1) is 0 Å². The van der Waals surface area contributed by atoms with Gasteiger partial charge in [-0.25, -0.2) is 0 Å². The van der Waals surface area contributed by atoms with Crippen molar-refractivity contribution in [1.82, 2.24) is 0 Å². The van der Waals surface area contributed by atoms with E-state index in [1.54, 1.807) is 6.92 Å². The van der Waals surface area contributed by atoms with Crippen molar-refractivity contribution in [2.24, 2.45) is 11.8 Å². The Morgan fingerprint density at radius 2 is 1.25 bits per heavy atom. The molecule has 1 N–H and O–H groups in total. The van der Waals surface area contributed by atoms with Crippen molar-refractivity contribution in [3.05, 3.63) is 0 Å². The van der Waals surface area contributed by atoms with Crippen LogP contribution in [0.4, 0.5) is 0 Å². The molecule has 0 aromatic carbocycles. The summed E-state index contributed by atoms with van der Waals surface area (Å²) in [5.41, 5.74) is 0. The molecule has 0 aromatic rings. The summed E-state index contributed by atoms with van der Waals surface area (Å²) in [5.74, 6) is 1.34. The minimum atomic E-state index is 0.250. The molecule has 0 aliphatic rings. The van der Waals surface area contributed by atoms with E-state index in [4.69, 9.17) is 9.84 Å². The predicted molar refractivity (Wildman–Crippen MR) is 53.3 cm³/mol. The van der Waals surface area contributed by atoms with E-state index in [1.165, 1.54) is 0 Å². The highest BCUT2D eigenvalue weighted by molar-refractivity contribution is 4.42. The van der Waals surface area contributed by atoms with E-state index in [1.807, 2.05) is 0 Å². The van der Waals surface area contributed by atoms with Gasteiger partial charge < -0.3 is 9.84 Å². The van der Waals surface area contributed by atoms with Crippen LogP contribution in [-0.4, -0.2) is 24.9 Å². The monoisotopic (exact) mass is 176 g/mol. The molecule has 0 aliphatic carbocycles. The van der Waals surface area contributed by atoms with Gasteiger partial charge in [0.1, 0.15) is 0 Å². The summed E-state index contributed by atoms with van der Waals surface area (Å²) in [6.45, 7) is 12.4. The Morgan fingerprint density at radius 3 is 1.42 bits per heavy atom. The molecule has 76 valence electrons. The molecular formula is C10H24O2. The average Bonchev–Trinajstić information content (AvgIpc) is 1.87. The van der Waals surface area contributed by atoms with Gasteiger partial charge in [0, 0.05) is 19.8 Å². The van der Waals surface area contributed by atoms with Crippen molar-refractivity contribution in [2.45, 2.75) is 34.6 Å². The number of ether oxygens (including phenoxy) is 1. The van der Waals surface area contributed by atoms with Crippen molar-refractivity contribution < 1.29 is 9.84 Å². The van der Waals surface area contributed by atoms with E-state index >= 15 is 0 Å². The van der Waals surface area contributed by atoms with Crippen molar-refractivity contribution in [1.29, 1.82) is 0 Å². The summed E-state index contributed by atoms with van der Waals surface area (Å²) in [7, 11) is 0. The fourth-order valence-electron chi connectivity index (χ4n) is 0.539. The highest BCUT2D eigenvalue weighted by atomic mass is 16.5. The van der Waals surface area contributed by atoms with E-state index < -0.39 is 0 Å². The van der Waals surface area contributed by atoms with E-state index in [0.29, 0.717) is 11.8 Å². The van der Waals surface area contributed by atoms with E-state index in [9.17, 15) is 0 Å². The van der Waals surface area contributed by atoms with Crippen molar-refractivity contribution in [3.8, 4) is 0 Å². The third-order valence-electron chi connectivity index (χ3n) is 0.902. The molecule has 0 bridgehead atoms. The Kier molecular flexibility index (Phi) is 13.1. The summed E-state index contributed by atoms with van der Waals surface area (Å²) < 4.78 is 5.36. The standard InChI is InChI=1S/C8H18O.C2H6O/c1-7(2)5-9-6-8(3)4;1-2-3/h7-8H,5-6H2,1-4H3;3H,2H2,1H3. The lowest BCUT2D eigenvalue weighted by molar-refractivity contribution is 0.0886. The minimum absolute atomic E-state index is 0.250. The van der Waals surface area contributed by atoms with Crippen molar-refractivity contribution in [2.75, 3.05) is 19.8 Å². The summed E-state index contributed by atoms with van der Waals surface area (Å²) in [6.07, 6.45) is 0. The molecule has 0 saturated carbocycles. The largest absolute Gasteiger partial charge is 0.397 e. The van der Waals surface area contributed by atoms with Gasteiger partial charge in [-0.3, -0.25) is 0 Å². The predicted octanol–water partition coefficient (Wildman–Crippen LogP) is 2.31. The first-order chi connectivity index (χ1) is 5.54. The molecular weight excluding hydrogens is 152 g/mol. The van der Waals surface area contributed by atoms with Crippen LogP contribution in [0.15, 0.2) is 0 Å². The summed E-state index contributed by atoms with van der Waals surface area (Å²) in [4.78, 5) is 0. The Bertz CT molecular complexity index is 62.2. The highest BCUT2D eigenvalue weighted by Crippen LogP contribution is 1.96. The fraction of sp³-hybridized carbons (Fsp3) is 1.00. The van der Waals surface area contributed by atoms with Gasteiger partial charge in [-0.05, 0) is 18.8 Å². The molecule has 0 amide bonds. The first kappa shape index (κ1) is 14.4. The Morgan fingerprint density at radius 1 is 1.00 bits per heavy atom. The van der Waals surface area contributed by atoms with E-state index in [2.05, 4.69) is 27.7 Å². The Hall–Kier alpha value is -0.0800. The minimum Gasteiger partial charge on any atom is -0.397 e. The molecule has 0 unspecified atom stereocenters. The van der Waals surface area contributed by atoms with Gasteiger partial charge >= 0.3 is 0 Å². The lowest BCUT2D eigenvalue weighted by atomic mass is 10.2. The topological polar surface area (TPSA) is 29.5 Å². The van der Waals surface area contributed by atoms with Gasteiger partial charge in [0.25, 0.3) is 0 Å². The van der Waals surface area contributed by atoms with Gasteiger partial charge in [-0.1, -0.05) is 27.7 Å². The molecule has 0 saturated heterocycles. The maximum Gasteiger partial charge on any atom is 0.0489 e. The van der Waals surface area contributed by atoms with Crippen LogP contribution >= 0.6 is 0 Å². The molecule has 0 aromatic heterocycles. The molecule has 0 rings (SSSR count). The second-order valence-electron chi connectivity index (χ2n) is 3.64. The normalized spacial score (nSPS) is 10.0. The van der Waals surface area contributed by atoms with Crippen LogP contribution in [0.1, 0.15) is 34.6 Å². The maximum absolute atomic E-state index is 7.57. The first-order valence-electron chi connectivity index (χ1n) is 4.73. The third-order valence-corrected chi connectivity index (χ3v) is 0.902. The van der Waals surface area contributed by atoms with Gasteiger partial charge in [0.15, 0.2) is 0 Å². The van der Waals surface area contributed by atoms with Crippen LogP contribution in [0.5, 0.6) is 0 Å². The molecule has 0 radical (unpaired) electrons. The molecule has 0 fully saturated rings. The van der Waals surface area contributed by atoms with Crippen LogP contribution in [0.2, 0.25) is 0 Å². The number of hydrogen-bond donors (Lipinski definition) is 1. The second kappa shape index (κ2) is 10.9. The Balaban J connectivity index is 0. The number of aliphatic hydroxyl groups is 1. The lowest BCUT2D eigenvalue weighted by Gasteiger charge is -2.07. The summed E-state index contributed by atoms with van der Waals surface area (Å²) in [5, 5.41) is 7.57. The van der Waals surface area contributed by atoms with Gasteiger partial charge in [-0.2, -0.15) is 0 Å². The lowest BCUT2D eigenvalue weighted by Crippen LogP contribution is -2.06. The number of rotatable bonds is 4. The van der Waals surface area contributed by atoms with E-state index in [0.717, 1.165) is 13.2 Å². The molecule has 2 nitrogen and oxygen atoms in total. The molecule has 0 aliphatic heterocycles. The smallest absolute Gasteiger partial charge is 0.0489 e. The molecule has 0 atom stereocenters. The quantitative estimate of drug-likeness (QED) is 0.712. The molecule has 0 spiro atoms. The molecule has 2 heteroatoms. The molecule has 0 heterocycles. The highest BCUT2D eigenvalue weighted by Gasteiger charge is 1.95. The zero-order chi connectivity index (χ0) is 9.98. The van der Waals surface area contributed by atoms with E-state index in [-0.39, 0.29) is 6.61 Å². The van der Waals surface area contributed by atoms with Crippen LogP contribution in [0, 0.1) is 11.8 Å². The van der Waals surface area contributed by atoms with Gasteiger partial charge in [-0.15, -0.1) is 0 Å². The van der Waals surface area contributed by atoms with Crippen molar-refractivity contribution >= 4 is 0 Å². The maximum atomic E-state index is 7.57. The van der Waals surface area contributed by atoms with Crippen LogP contribution in [-0.2, 0) is 4.74 Å². The number of hydrogen-bond acceptors (Lipinski definition) is 2. The molecule has 12 heavy (non-hydrogen) atoms. The zero-order valence-corrected chi connectivity index (χ0v) is 9.13. The van der Waals surface area contributed by atoms with Crippen LogP contribution < -0.4 is 0 Å². The summed E-state index contributed by atoms with van der Waals surface area (Å²) in [6, 6.07) is 0. The third kappa shape index (κ3) is 22.5. The Labute approximate surface area is 76.9 Å². The fourth-order valence-corrected chi connectivity index (χ4v) is 0.539.